The monoisotopic (exact) mass is 353 g/mol. The van der Waals surface area contributed by atoms with Gasteiger partial charge in [-0.2, -0.15) is 0 Å². The van der Waals surface area contributed by atoms with Gasteiger partial charge in [-0.3, -0.25) is 4.90 Å². The third-order valence-electron chi connectivity index (χ3n) is 5.33. The average molecular weight is 353 g/mol. The largest absolute Gasteiger partial charge is 0.390 e. The standard InChI is InChI=1S/C22H27NO3/c1-22(2)25-20-18(13-19(24)21(20)26-22)23(14-16-9-5-3-6-10-16)15-17-11-7-4-8-12-17/h3-12,18-21,24H,13-15H2,1-2H3/t18-,19+,20?,21?/m1/s1. The Morgan fingerprint density at radius 3 is 1.92 bits per heavy atom. The normalized spacial score (nSPS) is 29.8. The highest BCUT2D eigenvalue weighted by Gasteiger charge is 2.55. The van der Waals surface area contributed by atoms with Crippen LogP contribution >= 0.6 is 0 Å². The number of aliphatic hydroxyl groups is 1. The second-order valence-corrected chi connectivity index (χ2v) is 7.81. The molecule has 1 aliphatic carbocycles. The molecule has 2 fully saturated rings. The van der Waals surface area contributed by atoms with E-state index in [-0.39, 0.29) is 18.2 Å². The van der Waals surface area contributed by atoms with Gasteiger partial charge in [-0.15, -0.1) is 0 Å². The first-order chi connectivity index (χ1) is 12.5. The molecule has 0 spiro atoms. The van der Waals surface area contributed by atoms with Crippen molar-refractivity contribution >= 4 is 0 Å². The maximum Gasteiger partial charge on any atom is 0.163 e. The van der Waals surface area contributed by atoms with Gasteiger partial charge in [0.15, 0.2) is 5.79 Å². The highest BCUT2D eigenvalue weighted by atomic mass is 16.8. The van der Waals surface area contributed by atoms with Crippen LogP contribution in [0.5, 0.6) is 0 Å². The first kappa shape index (κ1) is 17.7. The summed E-state index contributed by atoms with van der Waals surface area (Å²) in [5, 5.41) is 10.6. The van der Waals surface area contributed by atoms with E-state index in [1.54, 1.807) is 0 Å². The van der Waals surface area contributed by atoms with Crippen molar-refractivity contribution in [2.75, 3.05) is 0 Å². The van der Waals surface area contributed by atoms with Gasteiger partial charge in [0.1, 0.15) is 12.2 Å². The van der Waals surface area contributed by atoms with E-state index in [1.165, 1.54) is 11.1 Å². The van der Waals surface area contributed by atoms with Crippen LogP contribution in [-0.4, -0.2) is 40.1 Å². The lowest BCUT2D eigenvalue weighted by molar-refractivity contribution is -0.168. The number of hydrogen-bond donors (Lipinski definition) is 1. The molecule has 4 atom stereocenters. The Morgan fingerprint density at radius 1 is 0.885 bits per heavy atom. The van der Waals surface area contributed by atoms with Crippen molar-refractivity contribution < 1.29 is 14.6 Å². The van der Waals surface area contributed by atoms with Gasteiger partial charge < -0.3 is 14.6 Å². The zero-order valence-corrected chi connectivity index (χ0v) is 15.4. The minimum atomic E-state index is -0.639. The molecule has 1 saturated carbocycles. The molecule has 4 nitrogen and oxygen atoms in total. The van der Waals surface area contributed by atoms with Crippen molar-refractivity contribution in [3.05, 3.63) is 71.8 Å². The Bertz CT molecular complexity index is 677. The molecule has 0 aromatic heterocycles. The van der Waals surface area contributed by atoms with Crippen molar-refractivity contribution in [1.29, 1.82) is 0 Å². The highest BCUT2D eigenvalue weighted by Crippen LogP contribution is 2.41. The molecule has 1 aliphatic heterocycles. The van der Waals surface area contributed by atoms with Crippen LogP contribution in [-0.2, 0) is 22.6 Å². The van der Waals surface area contributed by atoms with E-state index in [1.807, 2.05) is 26.0 Å². The van der Waals surface area contributed by atoms with Crippen LogP contribution in [0.2, 0.25) is 0 Å². The Balaban J connectivity index is 1.59. The number of nitrogens with zero attached hydrogens (tertiary/aromatic N) is 1. The van der Waals surface area contributed by atoms with E-state index in [0.29, 0.717) is 6.42 Å². The molecule has 0 radical (unpaired) electrons. The van der Waals surface area contributed by atoms with Gasteiger partial charge in [-0.1, -0.05) is 60.7 Å². The van der Waals surface area contributed by atoms with E-state index in [9.17, 15) is 5.11 Å². The maximum absolute atomic E-state index is 10.6. The number of fused-ring (bicyclic) bond motifs is 1. The van der Waals surface area contributed by atoms with Gasteiger partial charge in [-0.25, -0.2) is 0 Å². The molecular formula is C22H27NO3. The van der Waals surface area contributed by atoms with Gasteiger partial charge in [0, 0.05) is 19.1 Å². The topological polar surface area (TPSA) is 41.9 Å². The molecule has 2 aromatic rings. The number of hydrogen-bond acceptors (Lipinski definition) is 4. The fourth-order valence-electron chi connectivity index (χ4n) is 4.21. The van der Waals surface area contributed by atoms with Crippen molar-refractivity contribution in [2.45, 2.75) is 63.5 Å². The maximum atomic E-state index is 10.6. The fraction of sp³-hybridized carbons (Fsp3) is 0.455. The third-order valence-corrected chi connectivity index (χ3v) is 5.33. The highest BCUT2D eigenvalue weighted by molar-refractivity contribution is 5.18. The number of ether oxygens (including phenoxy) is 2. The Kier molecular flexibility index (Phi) is 4.84. The summed E-state index contributed by atoms with van der Waals surface area (Å²) in [6, 6.07) is 21.1. The van der Waals surface area contributed by atoms with Gasteiger partial charge in [0.2, 0.25) is 0 Å². The molecule has 2 unspecified atom stereocenters. The Morgan fingerprint density at radius 2 is 1.38 bits per heavy atom. The molecule has 138 valence electrons. The second-order valence-electron chi connectivity index (χ2n) is 7.81. The number of aliphatic hydroxyl groups excluding tert-OH is 1. The minimum Gasteiger partial charge on any atom is -0.390 e. The minimum absolute atomic E-state index is 0.104. The van der Waals surface area contributed by atoms with E-state index in [0.717, 1.165) is 13.1 Å². The van der Waals surface area contributed by atoms with Crippen LogP contribution in [0.4, 0.5) is 0 Å². The van der Waals surface area contributed by atoms with Crippen molar-refractivity contribution in [1.82, 2.24) is 4.90 Å². The smallest absolute Gasteiger partial charge is 0.163 e. The quantitative estimate of drug-likeness (QED) is 0.895. The average Bonchev–Trinajstić information content (AvgIpc) is 3.10. The summed E-state index contributed by atoms with van der Waals surface area (Å²) in [5.74, 6) is -0.639. The molecule has 1 N–H and O–H groups in total. The van der Waals surface area contributed by atoms with Gasteiger partial charge >= 0.3 is 0 Å². The predicted molar refractivity (Wildman–Crippen MR) is 100 cm³/mol. The van der Waals surface area contributed by atoms with E-state index < -0.39 is 11.9 Å². The fourth-order valence-corrected chi connectivity index (χ4v) is 4.21. The number of rotatable bonds is 5. The Hall–Kier alpha value is -1.72. The summed E-state index contributed by atoms with van der Waals surface area (Å²) in [7, 11) is 0. The SMILES string of the molecule is CC1(C)OC2C(O1)[C@@H](O)C[C@H]2N(Cc1ccccc1)Cc1ccccc1. The first-order valence-corrected chi connectivity index (χ1v) is 9.37. The lowest BCUT2D eigenvalue weighted by Crippen LogP contribution is -2.42. The third kappa shape index (κ3) is 3.69. The van der Waals surface area contributed by atoms with Crippen LogP contribution in [0.3, 0.4) is 0 Å². The Labute approximate surface area is 155 Å². The van der Waals surface area contributed by atoms with Crippen molar-refractivity contribution in [2.24, 2.45) is 0 Å². The van der Waals surface area contributed by atoms with Gasteiger partial charge in [-0.05, 0) is 31.4 Å². The first-order valence-electron chi connectivity index (χ1n) is 9.37. The molecule has 4 heteroatoms. The lowest BCUT2D eigenvalue weighted by Gasteiger charge is -2.33. The summed E-state index contributed by atoms with van der Waals surface area (Å²) >= 11 is 0. The van der Waals surface area contributed by atoms with E-state index in [4.69, 9.17) is 9.47 Å². The summed E-state index contributed by atoms with van der Waals surface area (Å²) in [5.41, 5.74) is 2.53. The van der Waals surface area contributed by atoms with Crippen LogP contribution in [0.25, 0.3) is 0 Å². The summed E-state index contributed by atoms with van der Waals surface area (Å²) in [4.78, 5) is 2.42. The van der Waals surface area contributed by atoms with Crippen LogP contribution in [0.15, 0.2) is 60.7 Å². The van der Waals surface area contributed by atoms with Crippen molar-refractivity contribution in [3.8, 4) is 0 Å². The molecule has 4 rings (SSSR count). The number of benzene rings is 2. The summed E-state index contributed by atoms with van der Waals surface area (Å²) < 4.78 is 12.2. The van der Waals surface area contributed by atoms with Crippen LogP contribution in [0, 0.1) is 0 Å². The van der Waals surface area contributed by atoms with E-state index in [2.05, 4.69) is 53.4 Å². The molecular weight excluding hydrogens is 326 g/mol. The van der Waals surface area contributed by atoms with Gasteiger partial charge in [0.25, 0.3) is 0 Å². The molecule has 26 heavy (non-hydrogen) atoms. The zero-order valence-electron chi connectivity index (χ0n) is 15.4. The zero-order chi connectivity index (χ0) is 18.1. The van der Waals surface area contributed by atoms with E-state index >= 15 is 0 Å². The molecule has 2 aromatic carbocycles. The molecule has 2 aliphatic rings. The molecule has 1 saturated heterocycles. The predicted octanol–water partition coefficient (Wildman–Crippen LogP) is 3.34. The van der Waals surface area contributed by atoms with Gasteiger partial charge in [0.05, 0.1) is 6.10 Å². The van der Waals surface area contributed by atoms with Crippen molar-refractivity contribution in [3.63, 3.8) is 0 Å². The van der Waals surface area contributed by atoms with Crippen LogP contribution < -0.4 is 0 Å². The summed E-state index contributed by atoms with van der Waals surface area (Å²) in [6.45, 7) is 5.49. The summed E-state index contributed by atoms with van der Waals surface area (Å²) in [6.07, 6.45) is -0.164. The molecule has 0 amide bonds. The van der Waals surface area contributed by atoms with Crippen LogP contribution in [0.1, 0.15) is 31.4 Å². The molecule has 1 heterocycles. The lowest BCUT2D eigenvalue weighted by atomic mass is 10.1. The molecule has 0 bridgehead atoms. The second kappa shape index (κ2) is 7.12.